The second-order valence-electron chi connectivity index (χ2n) is 5.48. The van der Waals surface area contributed by atoms with E-state index in [9.17, 15) is 13.2 Å². The van der Waals surface area contributed by atoms with E-state index in [4.69, 9.17) is 35.7 Å². The molecule has 27 heavy (non-hydrogen) atoms. The molecule has 0 amide bonds. The lowest BCUT2D eigenvalue weighted by molar-refractivity contribution is 0.0449. The van der Waals surface area contributed by atoms with Crippen molar-refractivity contribution in [3.63, 3.8) is 0 Å². The first-order valence-corrected chi connectivity index (χ1v) is 9.79. The molecule has 8 nitrogen and oxygen atoms in total. The zero-order chi connectivity index (χ0) is 19.4. The monoisotopic (exact) mass is 413 g/mol. The highest BCUT2D eigenvalue weighted by molar-refractivity contribution is 7.89. The number of hydrogen-bond acceptors (Lipinski definition) is 7. The van der Waals surface area contributed by atoms with Crippen molar-refractivity contribution in [3.05, 3.63) is 47.0 Å². The summed E-state index contributed by atoms with van der Waals surface area (Å²) >= 11 is 6.09. The van der Waals surface area contributed by atoms with E-state index in [0.29, 0.717) is 30.5 Å². The molecule has 0 unspecified atom stereocenters. The molecule has 0 bridgehead atoms. The fraction of sp³-hybridized carbons (Fsp3) is 0.235. The van der Waals surface area contributed by atoms with Gasteiger partial charge in [0.1, 0.15) is 32.2 Å². The third-order valence-electron chi connectivity index (χ3n) is 3.57. The molecule has 2 N–H and O–H groups in total. The molecule has 3 rings (SSSR count). The van der Waals surface area contributed by atoms with Crippen LogP contribution in [0.15, 0.2) is 41.3 Å². The summed E-state index contributed by atoms with van der Waals surface area (Å²) in [6.07, 6.45) is 0. The number of carbonyl (C=O) groups is 1. The number of halogens is 1. The van der Waals surface area contributed by atoms with Crippen LogP contribution in [0.1, 0.15) is 10.4 Å². The van der Waals surface area contributed by atoms with Crippen LogP contribution in [0.5, 0.6) is 17.2 Å². The maximum absolute atomic E-state index is 12.1. The Labute approximate surface area is 160 Å². The molecule has 0 saturated heterocycles. The normalized spacial score (nSPS) is 13.1. The molecular formula is C17H16ClNO7S. The highest BCUT2D eigenvalue weighted by Crippen LogP contribution is 2.38. The number of fused-ring (bicyclic) bond motifs is 1. The van der Waals surface area contributed by atoms with Gasteiger partial charge in [0.15, 0.2) is 11.5 Å². The SMILES string of the molecule is NS(=O)(=O)c1ccc(OCCOC(=O)c2cc(Cl)c3c(c2)OCCO3)cc1. The molecule has 1 aliphatic rings. The zero-order valence-corrected chi connectivity index (χ0v) is 15.6. The summed E-state index contributed by atoms with van der Waals surface area (Å²) < 4.78 is 43.7. The van der Waals surface area contributed by atoms with Gasteiger partial charge >= 0.3 is 5.97 Å². The van der Waals surface area contributed by atoms with E-state index >= 15 is 0 Å². The minimum absolute atomic E-state index is 0.0121. The lowest BCUT2D eigenvalue weighted by atomic mass is 10.2. The summed E-state index contributed by atoms with van der Waals surface area (Å²) in [6.45, 7) is 0.840. The molecule has 0 saturated carbocycles. The molecule has 10 heteroatoms. The van der Waals surface area contributed by atoms with Crippen molar-refractivity contribution in [3.8, 4) is 17.2 Å². The Morgan fingerprint density at radius 2 is 1.81 bits per heavy atom. The van der Waals surface area contributed by atoms with Crippen molar-refractivity contribution in [2.75, 3.05) is 26.4 Å². The number of ether oxygens (including phenoxy) is 4. The molecule has 144 valence electrons. The van der Waals surface area contributed by atoms with Crippen LogP contribution >= 0.6 is 11.6 Å². The average molecular weight is 414 g/mol. The van der Waals surface area contributed by atoms with E-state index < -0.39 is 16.0 Å². The lowest BCUT2D eigenvalue weighted by Crippen LogP contribution is -2.17. The second-order valence-corrected chi connectivity index (χ2v) is 7.45. The van der Waals surface area contributed by atoms with Gasteiger partial charge in [0.2, 0.25) is 10.0 Å². The maximum atomic E-state index is 12.1. The van der Waals surface area contributed by atoms with Crippen LogP contribution in [0, 0.1) is 0 Å². The zero-order valence-electron chi connectivity index (χ0n) is 14.0. The standard InChI is InChI=1S/C17H16ClNO7S/c18-14-9-11(10-15-16(14)25-7-6-24-15)17(20)26-8-5-23-12-1-3-13(4-2-12)27(19,21)22/h1-4,9-10H,5-8H2,(H2,19,21,22). The third-order valence-corrected chi connectivity index (χ3v) is 4.78. The number of nitrogens with two attached hydrogens (primary N) is 1. The molecule has 0 atom stereocenters. The maximum Gasteiger partial charge on any atom is 0.338 e. The second kappa shape index (κ2) is 8.03. The van der Waals surface area contributed by atoms with Gasteiger partial charge in [-0.2, -0.15) is 0 Å². The number of rotatable bonds is 6. The van der Waals surface area contributed by atoms with Crippen LogP contribution in [0.2, 0.25) is 5.02 Å². The summed E-state index contributed by atoms with van der Waals surface area (Å²) in [7, 11) is -3.75. The molecule has 2 aromatic carbocycles. The van der Waals surface area contributed by atoms with Crippen LogP contribution in [0.3, 0.4) is 0 Å². The van der Waals surface area contributed by atoms with Crippen LogP contribution in [0.25, 0.3) is 0 Å². The minimum atomic E-state index is -3.75. The number of benzene rings is 2. The lowest BCUT2D eigenvalue weighted by Gasteiger charge is -2.20. The van der Waals surface area contributed by atoms with Crippen LogP contribution < -0.4 is 19.3 Å². The van der Waals surface area contributed by atoms with E-state index in [1.54, 1.807) is 0 Å². The van der Waals surface area contributed by atoms with Crippen molar-refractivity contribution in [1.82, 2.24) is 0 Å². The Kier molecular flexibility index (Phi) is 5.73. The number of hydrogen-bond donors (Lipinski definition) is 1. The first kappa shape index (κ1) is 19.3. The highest BCUT2D eigenvalue weighted by atomic mass is 35.5. The molecule has 1 aliphatic heterocycles. The Hall–Kier alpha value is -2.49. The summed E-state index contributed by atoms with van der Waals surface area (Å²) in [6, 6.07) is 8.53. The Morgan fingerprint density at radius 1 is 1.11 bits per heavy atom. The van der Waals surface area contributed by atoms with Gasteiger partial charge in [-0.05, 0) is 36.4 Å². The number of primary sulfonamides is 1. The van der Waals surface area contributed by atoms with Gasteiger partial charge in [-0.25, -0.2) is 18.4 Å². The number of esters is 1. The van der Waals surface area contributed by atoms with E-state index in [-0.39, 0.29) is 28.7 Å². The largest absolute Gasteiger partial charge is 0.490 e. The van der Waals surface area contributed by atoms with Crippen molar-refractivity contribution in [2.45, 2.75) is 4.90 Å². The predicted octanol–water partition coefficient (Wildman–Crippen LogP) is 1.99. The summed E-state index contributed by atoms with van der Waals surface area (Å²) in [5.41, 5.74) is 0.238. The molecule has 0 aliphatic carbocycles. The number of carbonyl (C=O) groups excluding carboxylic acids is 1. The molecule has 0 fully saturated rings. The van der Waals surface area contributed by atoms with E-state index in [0.717, 1.165) is 0 Å². The van der Waals surface area contributed by atoms with Crippen LogP contribution in [-0.4, -0.2) is 40.8 Å². The van der Waals surface area contributed by atoms with Crippen LogP contribution in [0.4, 0.5) is 0 Å². The first-order chi connectivity index (χ1) is 12.8. The van der Waals surface area contributed by atoms with Crippen molar-refractivity contribution < 1.29 is 32.2 Å². The van der Waals surface area contributed by atoms with Gasteiger partial charge in [-0.3, -0.25) is 0 Å². The summed E-state index contributed by atoms with van der Waals surface area (Å²) in [4.78, 5) is 12.1. The third kappa shape index (κ3) is 4.82. The van der Waals surface area contributed by atoms with E-state index in [2.05, 4.69) is 0 Å². The quantitative estimate of drug-likeness (QED) is 0.568. The highest BCUT2D eigenvalue weighted by Gasteiger charge is 2.20. The van der Waals surface area contributed by atoms with Crippen LogP contribution in [-0.2, 0) is 14.8 Å². The van der Waals surface area contributed by atoms with Crippen molar-refractivity contribution in [2.24, 2.45) is 5.14 Å². The molecule has 2 aromatic rings. The molecule has 0 aromatic heterocycles. The molecule has 1 heterocycles. The summed E-state index contributed by atoms with van der Waals surface area (Å²) in [5, 5.41) is 5.29. The molecule has 0 radical (unpaired) electrons. The average Bonchev–Trinajstić information content (AvgIpc) is 2.64. The van der Waals surface area contributed by atoms with Crippen molar-refractivity contribution in [1.29, 1.82) is 0 Å². The van der Waals surface area contributed by atoms with E-state index in [1.165, 1.54) is 36.4 Å². The predicted molar refractivity (Wildman–Crippen MR) is 96.0 cm³/mol. The Bertz CT molecular complexity index is 944. The van der Waals surface area contributed by atoms with Gasteiger partial charge in [0.25, 0.3) is 0 Å². The fourth-order valence-corrected chi connectivity index (χ4v) is 3.11. The Balaban J connectivity index is 1.52. The van der Waals surface area contributed by atoms with E-state index in [1.807, 2.05) is 0 Å². The summed E-state index contributed by atoms with van der Waals surface area (Å²) in [5.74, 6) is 0.639. The Morgan fingerprint density at radius 3 is 2.52 bits per heavy atom. The van der Waals surface area contributed by atoms with Gasteiger partial charge < -0.3 is 18.9 Å². The smallest absolute Gasteiger partial charge is 0.338 e. The fourth-order valence-electron chi connectivity index (χ4n) is 2.33. The molecule has 0 spiro atoms. The minimum Gasteiger partial charge on any atom is -0.490 e. The first-order valence-electron chi connectivity index (χ1n) is 7.86. The van der Waals surface area contributed by atoms with Gasteiger partial charge in [0.05, 0.1) is 15.5 Å². The number of sulfonamides is 1. The van der Waals surface area contributed by atoms with Crippen molar-refractivity contribution >= 4 is 27.6 Å². The van der Waals surface area contributed by atoms with Gasteiger partial charge in [-0.15, -0.1) is 0 Å². The van der Waals surface area contributed by atoms with Gasteiger partial charge in [0, 0.05) is 0 Å². The topological polar surface area (TPSA) is 114 Å². The van der Waals surface area contributed by atoms with Gasteiger partial charge in [-0.1, -0.05) is 11.6 Å². The molecular weight excluding hydrogens is 398 g/mol.